The second-order valence-corrected chi connectivity index (χ2v) is 6.28. The number of nitrogens with one attached hydrogen (secondary N) is 2. The maximum absolute atomic E-state index is 11.9. The van der Waals surface area contributed by atoms with Gasteiger partial charge in [-0.1, -0.05) is 35.9 Å². The first-order valence-electron chi connectivity index (χ1n) is 7.42. The van der Waals surface area contributed by atoms with Gasteiger partial charge in [-0.05, 0) is 18.6 Å². The molecule has 0 aliphatic carbocycles. The van der Waals surface area contributed by atoms with Gasteiger partial charge in [-0.25, -0.2) is 0 Å². The predicted octanol–water partition coefficient (Wildman–Crippen LogP) is 2.60. The van der Waals surface area contributed by atoms with Crippen LogP contribution in [-0.4, -0.2) is 22.5 Å². The first-order chi connectivity index (χ1) is 12.0. The van der Waals surface area contributed by atoms with Gasteiger partial charge in [-0.15, -0.1) is 11.8 Å². The van der Waals surface area contributed by atoms with Crippen LogP contribution in [0.15, 0.2) is 48.5 Å². The van der Waals surface area contributed by atoms with Crippen molar-refractivity contribution in [2.24, 2.45) is 0 Å². The molecule has 2 N–H and O–H groups in total. The largest absolute Gasteiger partial charge is 0.272 e. The maximum atomic E-state index is 11.9. The van der Waals surface area contributed by atoms with Crippen molar-refractivity contribution < 1.29 is 14.5 Å². The number of nitrogens with zero attached hydrogens (tertiary/aromatic N) is 1. The topological polar surface area (TPSA) is 101 Å². The molecule has 0 aliphatic heterocycles. The fraction of sp³-hybridized carbons (Fsp3) is 0.176. The minimum absolute atomic E-state index is 0.0990. The molecule has 7 nitrogen and oxygen atoms in total. The summed E-state index contributed by atoms with van der Waals surface area (Å²) in [5, 5.41) is 10.7. The number of non-ortho nitro benzene ring substituents is 1. The van der Waals surface area contributed by atoms with Crippen molar-refractivity contribution in [3.8, 4) is 0 Å². The molecule has 25 heavy (non-hydrogen) atoms. The van der Waals surface area contributed by atoms with Gasteiger partial charge >= 0.3 is 0 Å². The van der Waals surface area contributed by atoms with E-state index in [1.165, 1.54) is 30.0 Å². The molecule has 2 rings (SSSR count). The van der Waals surface area contributed by atoms with Gasteiger partial charge in [0.2, 0.25) is 5.91 Å². The molecule has 0 fully saturated rings. The summed E-state index contributed by atoms with van der Waals surface area (Å²) < 4.78 is 0. The van der Waals surface area contributed by atoms with Crippen LogP contribution in [0.2, 0.25) is 0 Å². The molecule has 0 saturated heterocycles. The molecule has 0 saturated carbocycles. The zero-order valence-electron chi connectivity index (χ0n) is 13.5. The van der Waals surface area contributed by atoms with E-state index in [0.717, 1.165) is 17.2 Å². The van der Waals surface area contributed by atoms with Gasteiger partial charge in [0.05, 0.1) is 10.7 Å². The molecule has 0 aromatic heterocycles. The molecular weight excluding hydrogens is 342 g/mol. The van der Waals surface area contributed by atoms with Gasteiger partial charge in [0.25, 0.3) is 11.6 Å². The van der Waals surface area contributed by atoms with Gasteiger partial charge in [-0.2, -0.15) is 0 Å². The first-order valence-corrected chi connectivity index (χ1v) is 8.58. The van der Waals surface area contributed by atoms with Crippen molar-refractivity contribution >= 4 is 29.3 Å². The summed E-state index contributed by atoms with van der Waals surface area (Å²) in [6, 6.07) is 13.3. The van der Waals surface area contributed by atoms with E-state index in [1.807, 2.05) is 25.1 Å². The number of amides is 2. The van der Waals surface area contributed by atoms with E-state index in [0.29, 0.717) is 5.75 Å². The molecule has 0 radical (unpaired) electrons. The second-order valence-electron chi connectivity index (χ2n) is 5.29. The lowest BCUT2D eigenvalue weighted by atomic mass is 10.2. The summed E-state index contributed by atoms with van der Waals surface area (Å²) >= 11 is 1.42. The molecule has 130 valence electrons. The molecule has 2 aromatic carbocycles. The number of rotatable bonds is 6. The predicted molar refractivity (Wildman–Crippen MR) is 96.0 cm³/mol. The number of carbonyl (C=O) groups excluding carboxylic acids is 2. The molecule has 2 aromatic rings. The highest BCUT2D eigenvalue weighted by Gasteiger charge is 2.12. The Labute approximate surface area is 148 Å². The second kappa shape index (κ2) is 8.84. The molecule has 0 heterocycles. The van der Waals surface area contributed by atoms with Crippen molar-refractivity contribution in [3.05, 3.63) is 75.3 Å². The Bertz CT molecular complexity index is 795. The van der Waals surface area contributed by atoms with Crippen LogP contribution in [0.3, 0.4) is 0 Å². The van der Waals surface area contributed by atoms with Crippen molar-refractivity contribution in [2.75, 3.05) is 5.75 Å². The SMILES string of the molecule is Cc1cccc(CSCC(=O)NNC(=O)c2cccc([N+](=O)[O-])c2)c1. The van der Waals surface area contributed by atoms with E-state index in [-0.39, 0.29) is 22.9 Å². The lowest BCUT2D eigenvalue weighted by molar-refractivity contribution is -0.384. The molecule has 0 spiro atoms. The van der Waals surface area contributed by atoms with Crippen molar-refractivity contribution in [1.82, 2.24) is 10.9 Å². The Balaban J connectivity index is 1.76. The van der Waals surface area contributed by atoms with Crippen molar-refractivity contribution in [3.63, 3.8) is 0 Å². The maximum Gasteiger partial charge on any atom is 0.270 e. The van der Waals surface area contributed by atoms with Gasteiger partial charge in [0, 0.05) is 23.4 Å². The summed E-state index contributed by atoms with van der Waals surface area (Å²) in [6.45, 7) is 2.00. The molecule has 2 amide bonds. The summed E-state index contributed by atoms with van der Waals surface area (Å²) in [4.78, 5) is 33.8. The highest BCUT2D eigenvalue weighted by molar-refractivity contribution is 7.99. The Hall–Kier alpha value is -2.87. The summed E-state index contributed by atoms with van der Waals surface area (Å²) in [5.41, 5.74) is 6.74. The number of hydrogen-bond donors (Lipinski definition) is 2. The number of nitro groups is 1. The minimum Gasteiger partial charge on any atom is -0.272 e. The number of hydrazine groups is 1. The quantitative estimate of drug-likeness (QED) is 0.610. The summed E-state index contributed by atoms with van der Waals surface area (Å²) in [7, 11) is 0. The number of thioether (sulfide) groups is 1. The fourth-order valence-electron chi connectivity index (χ4n) is 2.06. The normalized spacial score (nSPS) is 10.1. The molecule has 0 atom stereocenters. The molecule has 0 unspecified atom stereocenters. The third-order valence-electron chi connectivity index (χ3n) is 3.22. The smallest absolute Gasteiger partial charge is 0.270 e. The average Bonchev–Trinajstić information content (AvgIpc) is 2.60. The third-order valence-corrected chi connectivity index (χ3v) is 4.22. The number of hydrogen-bond acceptors (Lipinski definition) is 5. The van der Waals surface area contributed by atoms with Crippen LogP contribution in [0.5, 0.6) is 0 Å². The van der Waals surface area contributed by atoms with Crippen LogP contribution in [-0.2, 0) is 10.5 Å². The van der Waals surface area contributed by atoms with E-state index < -0.39 is 10.8 Å². The highest BCUT2D eigenvalue weighted by atomic mass is 32.2. The molecule has 8 heteroatoms. The number of aryl methyl sites for hydroxylation is 1. The van der Waals surface area contributed by atoms with Crippen molar-refractivity contribution in [1.29, 1.82) is 0 Å². The number of benzene rings is 2. The molecule has 0 aliphatic rings. The number of nitro benzene ring substituents is 1. The Kier molecular flexibility index (Phi) is 6.53. The standard InChI is InChI=1S/C17H17N3O4S/c1-12-4-2-5-13(8-12)10-25-11-16(21)18-19-17(22)14-6-3-7-15(9-14)20(23)24/h2-9H,10-11H2,1H3,(H,18,21)(H,19,22). The van der Waals surface area contributed by atoms with Crippen LogP contribution in [0.4, 0.5) is 5.69 Å². The van der Waals surface area contributed by atoms with E-state index in [2.05, 4.69) is 16.9 Å². The van der Waals surface area contributed by atoms with Gasteiger partial charge < -0.3 is 0 Å². The van der Waals surface area contributed by atoms with E-state index >= 15 is 0 Å². The van der Waals surface area contributed by atoms with Crippen LogP contribution in [0.1, 0.15) is 21.5 Å². The summed E-state index contributed by atoms with van der Waals surface area (Å²) in [5.74, 6) is -0.0888. The van der Waals surface area contributed by atoms with Crippen LogP contribution in [0.25, 0.3) is 0 Å². The van der Waals surface area contributed by atoms with Gasteiger partial charge in [0.1, 0.15) is 0 Å². The van der Waals surface area contributed by atoms with E-state index in [1.54, 1.807) is 0 Å². The summed E-state index contributed by atoms with van der Waals surface area (Å²) in [6.07, 6.45) is 0. The number of carbonyl (C=O) groups is 2. The zero-order valence-corrected chi connectivity index (χ0v) is 14.3. The van der Waals surface area contributed by atoms with Gasteiger partial charge in [0.15, 0.2) is 0 Å². The molecule has 0 bridgehead atoms. The Morgan fingerprint density at radius 1 is 1.12 bits per heavy atom. The van der Waals surface area contributed by atoms with Gasteiger partial charge in [-0.3, -0.25) is 30.6 Å². The minimum atomic E-state index is -0.610. The fourth-order valence-corrected chi connectivity index (χ4v) is 2.83. The molecular formula is C17H17N3O4S. The van der Waals surface area contributed by atoms with Crippen molar-refractivity contribution in [2.45, 2.75) is 12.7 Å². The average molecular weight is 359 g/mol. The van der Waals surface area contributed by atoms with Crippen LogP contribution in [0, 0.1) is 17.0 Å². The monoisotopic (exact) mass is 359 g/mol. The Morgan fingerprint density at radius 3 is 2.60 bits per heavy atom. The van der Waals surface area contributed by atoms with E-state index in [4.69, 9.17) is 0 Å². The zero-order chi connectivity index (χ0) is 18.2. The van der Waals surface area contributed by atoms with E-state index in [9.17, 15) is 19.7 Å². The van der Waals surface area contributed by atoms with Crippen LogP contribution >= 0.6 is 11.8 Å². The lowest BCUT2D eigenvalue weighted by Crippen LogP contribution is -2.42. The highest BCUT2D eigenvalue weighted by Crippen LogP contribution is 2.14. The first kappa shape index (κ1) is 18.5. The Morgan fingerprint density at radius 2 is 1.88 bits per heavy atom. The van der Waals surface area contributed by atoms with Crippen LogP contribution < -0.4 is 10.9 Å². The third kappa shape index (κ3) is 5.92. The lowest BCUT2D eigenvalue weighted by Gasteiger charge is -2.07.